The minimum Gasteiger partial charge on any atom is -0.273 e. The normalized spacial score (nSPS) is 17.8. The van der Waals surface area contributed by atoms with Crippen LogP contribution in [-0.2, 0) is 10.2 Å². The lowest BCUT2D eigenvalue weighted by Gasteiger charge is -2.18. The zero-order valence-electron chi connectivity index (χ0n) is 14.2. The molecular weight excluding hydrogens is 322 g/mol. The average Bonchev–Trinajstić information content (AvgIpc) is 3.47. The summed E-state index contributed by atoms with van der Waals surface area (Å²) in [6.45, 7) is 0. The number of aromatic nitrogens is 1. The van der Waals surface area contributed by atoms with Gasteiger partial charge in [0.1, 0.15) is 0 Å². The van der Waals surface area contributed by atoms with Crippen LogP contribution < -0.4 is 5.43 Å². The molecule has 1 atom stereocenters. The van der Waals surface area contributed by atoms with E-state index in [4.69, 9.17) is 0 Å². The van der Waals surface area contributed by atoms with Crippen molar-refractivity contribution in [3.05, 3.63) is 102 Å². The van der Waals surface area contributed by atoms with Gasteiger partial charge in [-0.2, -0.15) is 5.10 Å². The minimum atomic E-state index is -0.271. The lowest BCUT2D eigenvalue weighted by Crippen LogP contribution is -2.25. The lowest BCUT2D eigenvalue weighted by molar-refractivity contribution is -0.122. The fraction of sp³-hybridized carbons (Fsp3) is 0.136. The highest BCUT2D eigenvalue weighted by atomic mass is 16.2. The van der Waals surface area contributed by atoms with Crippen molar-refractivity contribution in [2.24, 2.45) is 11.0 Å². The second kappa shape index (κ2) is 6.92. The molecule has 4 nitrogen and oxygen atoms in total. The molecular formula is C22H19N3O. The quantitative estimate of drug-likeness (QED) is 0.570. The van der Waals surface area contributed by atoms with E-state index in [2.05, 4.69) is 39.8 Å². The molecule has 1 N–H and O–H groups in total. The molecule has 1 aliphatic carbocycles. The van der Waals surface area contributed by atoms with E-state index in [1.54, 1.807) is 12.4 Å². The van der Waals surface area contributed by atoms with Crippen LogP contribution in [0.15, 0.2) is 90.2 Å². The smallest absolute Gasteiger partial charge is 0.244 e. The van der Waals surface area contributed by atoms with Crippen LogP contribution in [0.5, 0.6) is 0 Å². The Bertz CT molecular complexity index is 868. The summed E-state index contributed by atoms with van der Waals surface area (Å²) in [6.07, 6.45) is 4.04. The van der Waals surface area contributed by atoms with Crippen LogP contribution >= 0.6 is 0 Å². The Balaban J connectivity index is 1.55. The van der Waals surface area contributed by atoms with Gasteiger partial charge in [-0.05, 0) is 29.7 Å². The molecule has 2 aromatic carbocycles. The molecule has 3 aromatic rings. The van der Waals surface area contributed by atoms with Crippen LogP contribution in [-0.4, -0.2) is 17.1 Å². The first-order valence-corrected chi connectivity index (χ1v) is 8.66. The van der Waals surface area contributed by atoms with Gasteiger partial charge in [0, 0.05) is 11.6 Å². The van der Waals surface area contributed by atoms with E-state index in [1.165, 1.54) is 11.1 Å². The Morgan fingerprint density at radius 1 is 0.962 bits per heavy atom. The minimum absolute atomic E-state index is 0.0649. The molecule has 4 heteroatoms. The van der Waals surface area contributed by atoms with Crippen molar-refractivity contribution in [2.45, 2.75) is 11.8 Å². The molecule has 0 spiro atoms. The lowest BCUT2D eigenvalue weighted by atomic mass is 9.85. The van der Waals surface area contributed by atoms with Crippen molar-refractivity contribution in [1.29, 1.82) is 0 Å². The van der Waals surface area contributed by atoms with E-state index < -0.39 is 0 Å². The van der Waals surface area contributed by atoms with Gasteiger partial charge in [-0.15, -0.1) is 0 Å². The van der Waals surface area contributed by atoms with Gasteiger partial charge < -0.3 is 0 Å². The fourth-order valence-electron chi connectivity index (χ4n) is 3.55. The van der Waals surface area contributed by atoms with Crippen molar-refractivity contribution in [3.8, 4) is 0 Å². The Labute approximate surface area is 152 Å². The summed E-state index contributed by atoms with van der Waals surface area (Å²) in [5.41, 5.74) is 5.45. The van der Waals surface area contributed by atoms with Gasteiger partial charge in [0.25, 0.3) is 0 Å². The number of nitrogens with zero attached hydrogens (tertiary/aromatic N) is 2. The number of hydrogen-bond donors (Lipinski definition) is 1. The molecule has 1 unspecified atom stereocenters. The van der Waals surface area contributed by atoms with Crippen molar-refractivity contribution in [3.63, 3.8) is 0 Å². The Hall–Kier alpha value is -3.27. The number of carbonyl (C=O) groups excluding carboxylic acids is 1. The Kier molecular flexibility index (Phi) is 4.32. The van der Waals surface area contributed by atoms with Crippen LogP contribution in [0.3, 0.4) is 0 Å². The highest BCUT2D eigenvalue weighted by Crippen LogP contribution is 2.58. The summed E-state index contributed by atoms with van der Waals surface area (Å²) in [5.74, 6) is -0.196. The third-order valence-electron chi connectivity index (χ3n) is 4.91. The van der Waals surface area contributed by atoms with Crippen molar-refractivity contribution >= 4 is 12.1 Å². The number of amides is 1. The van der Waals surface area contributed by atoms with E-state index >= 15 is 0 Å². The first kappa shape index (κ1) is 16.2. The van der Waals surface area contributed by atoms with Crippen LogP contribution in [0.2, 0.25) is 0 Å². The number of carbonyl (C=O) groups is 1. The van der Waals surface area contributed by atoms with E-state index in [0.717, 1.165) is 6.42 Å². The summed E-state index contributed by atoms with van der Waals surface area (Å²) in [4.78, 5) is 16.9. The zero-order valence-corrected chi connectivity index (χ0v) is 14.2. The number of pyridine rings is 1. The van der Waals surface area contributed by atoms with Gasteiger partial charge in [0.05, 0.1) is 17.8 Å². The maximum atomic E-state index is 12.7. The third-order valence-corrected chi connectivity index (χ3v) is 4.91. The number of hydrazone groups is 1. The van der Waals surface area contributed by atoms with Gasteiger partial charge in [-0.25, -0.2) is 5.43 Å². The number of benzene rings is 2. The molecule has 1 fully saturated rings. The zero-order chi connectivity index (χ0) is 17.8. The monoisotopic (exact) mass is 341 g/mol. The fourth-order valence-corrected chi connectivity index (χ4v) is 3.55. The largest absolute Gasteiger partial charge is 0.273 e. The third kappa shape index (κ3) is 3.02. The Morgan fingerprint density at radius 3 is 2.15 bits per heavy atom. The first-order valence-electron chi connectivity index (χ1n) is 8.66. The van der Waals surface area contributed by atoms with E-state index in [0.29, 0.717) is 5.69 Å². The Morgan fingerprint density at radius 2 is 1.58 bits per heavy atom. The molecule has 128 valence electrons. The predicted octanol–water partition coefficient (Wildman–Crippen LogP) is 3.54. The van der Waals surface area contributed by atoms with E-state index in [1.807, 2.05) is 54.6 Å². The van der Waals surface area contributed by atoms with Crippen molar-refractivity contribution < 1.29 is 4.79 Å². The molecule has 0 bridgehead atoms. The van der Waals surface area contributed by atoms with Crippen LogP contribution in [0, 0.1) is 5.92 Å². The molecule has 0 radical (unpaired) electrons. The van der Waals surface area contributed by atoms with Crippen LogP contribution in [0.4, 0.5) is 0 Å². The van der Waals surface area contributed by atoms with Crippen molar-refractivity contribution in [1.82, 2.24) is 10.4 Å². The van der Waals surface area contributed by atoms with E-state index in [9.17, 15) is 4.79 Å². The summed E-state index contributed by atoms with van der Waals surface area (Å²) < 4.78 is 0. The van der Waals surface area contributed by atoms with Crippen LogP contribution in [0.25, 0.3) is 0 Å². The van der Waals surface area contributed by atoms with Gasteiger partial charge in [-0.3, -0.25) is 9.78 Å². The molecule has 26 heavy (non-hydrogen) atoms. The maximum Gasteiger partial charge on any atom is 0.244 e. The standard InChI is InChI=1S/C22H19N3O/c26-21(25-24-16-19-13-7-8-14-23-19)20-15-22(20,17-9-3-1-4-10-17)18-11-5-2-6-12-18/h1-14,16,20H,15H2,(H,25,26)/b24-16+. The SMILES string of the molecule is O=C(N/N=C/c1ccccn1)C1CC1(c1ccccc1)c1ccccc1. The molecule has 0 aliphatic heterocycles. The summed E-state index contributed by atoms with van der Waals surface area (Å²) in [5, 5.41) is 4.07. The highest BCUT2D eigenvalue weighted by Gasteiger charge is 2.60. The second-order valence-corrected chi connectivity index (χ2v) is 6.45. The number of nitrogens with one attached hydrogen (secondary N) is 1. The summed E-state index contributed by atoms with van der Waals surface area (Å²) in [7, 11) is 0. The molecule has 1 heterocycles. The highest BCUT2D eigenvalue weighted by molar-refractivity contribution is 5.87. The van der Waals surface area contributed by atoms with Gasteiger partial charge in [-0.1, -0.05) is 66.7 Å². The molecule has 1 aromatic heterocycles. The molecule has 1 saturated carbocycles. The van der Waals surface area contributed by atoms with E-state index in [-0.39, 0.29) is 17.2 Å². The molecule has 4 rings (SSSR count). The first-order chi connectivity index (χ1) is 12.8. The predicted molar refractivity (Wildman–Crippen MR) is 102 cm³/mol. The number of hydrogen-bond acceptors (Lipinski definition) is 3. The van der Waals surface area contributed by atoms with Gasteiger partial charge in [0.2, 0.25) is 5.91 Å². The summed E-state index contributed by atoms with van der Waals surface area (Å²) in [6, 6.07) is 26.0. The second-order valence-electron chi connectivity index (χ2n) is 6.45. The topological polar surface area (TPSA) is 54.4 Å². The summed E-state index contributed by atoms with van der Waals surface area (Å²) >= 11 is 0. The molecule has 1 amide bonds. The molecule has 0 saturated heterocycles. The molecule has 1 aliphatic rings. The number of rotatable bonds is 5. The van der Waals surface area contributed by atoms with Crippen LogP contribution in [0.1, 0.15) is 23.2 Å². The average molecular weight is 341 g/mol. The van der Waals surface area contributed by atoms with Gasteiger partial charge >= 0.3 is 0 Å². The van der Waals surface area contributed by atoms with Gasteiger partial charge in [0.15, 0.2) is 0 Å². The van der Waals surface area contributed by atoms with Crippen molar-refractivity contribution in [2.75, 3.05) is 0 Å². The maximum absolute atomic E-state index is 12.7.